The highest BCUT2D eigenvalue weighted by Gasteiger charge is 2.40. The molecule has 2 unspecified atom stereocenters. The molecule has 0 aromatic carbocycles. The Labute approximate surface area is 112 Å². The van der Waals surface area contributed by atoms with Crippen molar-refractivity contribution in [2.24, 2.45) is 5.92 Å². The topological polar surface area (TPSA) is 18.5 Å². The molecule has 0 aromatic rings. The van der Waals surface area contributed by atoms with Gasteiger partial charge in [-0.15, -0.1) is 0 Å². The maximum Gasteiger partial charge on any atom is 0.0380 e. The molecular formula is C15H29N3. The average Bonchev–Trinajstić information content (AvgIpc) is 2.95. The number of hydrogen-bond donors (Lipinski definition) is 1. The molecule has 18 heavy (non-hydrogen) atoms. The highest BCUT2D eigenvalue weighted by molar-refractivity contribution is 4.98. The Morgan fingerprint density at radius 2 is 1.83 bits per heavy atom. The maximum atomic E-state index is 3.90. The molecule has 1 N–H and O–H groups in total. The SMILES string of the molecule is CCCNC(C1CCCC1)C1CN2CCN1CC2. The first-order valence-electron chi connectivity index (χ1n) is 8.08. The summed E-state index contributed by atoms with van der Waals surface area (Å²) in [5.41, 5.74) is 0. The summed E-state index contributed by atoms with van der Waals surface area (Å²) >= 11 is 0. The fourth-order valence-corrected chi connectivity index (χ4v) is 4.24. The van der Waals surface area contributed by atoms with Gasteiger partial charge in [0.2, 0.25) is 0 Å². The lowest BCUT2D eigenvalue weighted by Gasteiger charge is -2.51. The molecule has 3 nitrogen and oxygen atoms in total. The van der Waals surface area contributed by atoms with Gasteiger partial charge in [-0.1, -0.05) is 19.8 Å². The minimum absolute atomic E-state index is 0.760. The van der Waals surface area contributed by atoms with E-state index < -0.39 is 0 Å². The van der Waals surface area contributed by atoms with Crippen LogP contribution in [0.25, 0.3) is 0 Å². The zero-order valence-corrected chi connectivity index (χ0v) is 11.9. The minimum atomic E-state index is 0.760. The third-order valence-electron chi connectivity index (χ3n) is 5.27. The molecule has 3 heterocycles. The Kier molecular flexibility index (Phi) is 4.22. The Morgan fingerprint density at radius 3 is 2.39 bits per heavy atom. The second-order valence-electron chi connectivity index (χ2n) is 6.43. The van der Waals surface area contributed by atoms with Gasteiger partial charge in [-0.05, 0) is 31.7 Å². The molecule has 2 bridgehead atoms. The van der Waals surface area contributed by atoms with Gasteiger partial charge in [0.15, 0.2) is 0 Å². The van der Waals surface area contributed by atoms with Crippen LogP contribution >= 0.6 is 0 Å². The van der Waals surface area contributed by atoms with Crippen LogP contribution in [0, 0.1) is 5.92 Å². The minimum Gasteiger partial charge on any atom is -0.312 e. The van der Waals surface area contributed by atoms with Gasteiger partial charge in [0.1, 0.15) is 0 Å². The molecule has 0 aromatic heterocycles. The van der Waals surface area contributed by atoms with Crippen LogP contribution in [-0.4, -0.2) is 61.2 Å². The van der Waals surface area contributed by atoms with E-state index >= 15 is 0 Å². The van der Waals surface area contributed by atoms with Gasteiger partial charge in [-0.3, -0.25) is 9.80 Å². The summed E-state index contributed by atoms with van der Waals surface area (Å²) in [6.45, 7) is 10.0. The molecule has 1 saturated carbocycles. The van der Waals surface area contributed by atoms with Crippen LogP contribution in [0.2, 0.25) is 0 Å². The summed E-state index contributed by atoms with van der Waals surface area (Å²) in [5, 5.41) is 3.90. The van der Waals surface area contributed by atoms with Gasteiger partial charge in [-0.2, -0.15) is 0 Å². The van der Waals surface area contributed by atoms with Gasteiger partial charge in [0.25, 0.3) is 0 Å². The molecule has 0 amide bonds. The summed E-state index contributed by atoms with van der Waals surface area (Å²) < 4.78 is 0. The molecule has 4 rings (SSSR count). The molecule has 4 aliphatic rings. The first-order valence-corrected chi connectivity index (χ1v) is 8.08. The first kappa shape index (κ1) is 12.9. The first-order chi connectivity index (χ1) is 8.88. The molecule has 4 fully saturated rings. The van der Waals surface area contributed by atoms with Gasteiger partial charge in [0, 0.05) is 44.8 Å². The number of nitrogens with zero attached hydrogens (tertiary/aromatic N) is 2. The number of piperazine rings is 3. The van der Waals surface area contributed by atoms with E-state index in [9.17, 15) is 0 Å². The van der Waals surface area contributed by atoms with E-state index in [0.29, 0.717) is 0 Å². The Hall–Kier alpha value is -0.120. The van der Waals surface area contributed by atoms with Crippen molar-refractivity contribution in [2.75, 3.05) is 39.3 Å². The van der Waals surface area contributed by atoms with Crippen LogP contribution in [-0.2, 0) is 0 Å². The van der Waals surface area contributed by atoms with E-state index in [-0.39, 0.29) is 0 Å². The van der Waals surface area contributed by atoms with Crippen LogP contribution in [0.5, 0.6) is 0 Å². The van der Waals surface area contributed by atoms with Crippen molar-refractivity contribution in [3.05, 3.63) is 0 Å². The normalized spacial score (nSPS) is 38.2. The quantitative estimate of drug-likeness (QED) is 0.800. The zero-order chi connectivity index (χ0) is 12.4. The highest BCUT2D eigenvalue weighted by Crippen LogP contribution is 2.32. The van der Waals surface area contributed by atoms with Gasteiger partial charge in [-0.25, -0.2) is 0 Å². The van der Waals surface area contributed by atoms with E-state index in [4.69, 9.17) is 0 Å². The molecule has 3 heteroatoms. The number of nitrogens with one attached hydrogen (secondary N) is 1. The number of fused-ring (bicyclic) bond motifs is 3. The van der Waals surface area contributed by atoms with Crippen LogP contribution in [0.1, 0.15) is 39.0 Å². The lowest BCUT2D eigenvalue weighted by Crippen LogP contribution is -2.67. The van der Waals surface area contributed by atoms with Gasteiger partial charge >= 0.3 is 0 Å². The fourth-order valence-electron chi connectivity index (χ4n) is 4.24. The van der Waals surface area contributed by atoms with Crippen molar-refractivity contribution in [2.45, 2.75) is 51.1 Å². The molecule has 2 atom stereocenters. The average molecular weight is 251 g/mol. The Balaban J connectivity index is 1.67. The lowest BCUT2D eigenvalue weighted by atomic mass is 9.88. The van der Waals surface area contributed by atoms with Crippen molar-refractivity contribution in [1.82, 2.24) is 15.1 Å². The summed E-state index contributed by atoms with van der Waals surface area (Å²) in [6.07, 6.45) is 7.12. The smallest absolute Gasteiger partial charge is 0.0380 e. The van der Waals surface area contributed by atoms with Crippen molar-refractivity contribution in [3.8, 4) is 0 Å². The Morgan fingerprint density at radius 1 is 1.11 bits per heavy atom. The van der Waals surface area contributed by atoms with E-state index in [0.717, 1.165) is 18.0 Å². The molecule has 0 spiro atoms. The Bertz CT molecular complexity index is 254. The van der Waals surface area contributed by atoms with E-state index in [1.54, 1.807) is 0 Å². The molecule has 3 saturated heterocycles. The molecular weight excluding hydrogens is 222 g/mol. The monoisotopic (exact) mass is 251 g/mol. The van der Waals surface area contributed by atoms with Crippen molar-refractivity contribution < 1.29 is 0 Å². The molecule has 3 aliphatic heterocycles. The molecule has 104 valence electrons. The second-order valence-corrected chi connectivity index (χ2v) is 6.43. The summed E-state index contributed by atoms with van der Waals surface area (Å²) in [6, 6.07) is 1.55. The van der Waals surface area contributed by atoms with E-state index in [2.05, 4.69) is 22.0 Å². The fraction of sp³-hybridized carbons (Fsp3) is 1.00. The van der Waals surface area contributed by atoms with E-state index in [1.165, 1.54) is 71.4 Å². The van der Waals surface area contributed by atoms with Crippen LogP contribution in [0.3, 0.4) is 0 Å². The third kappa shape index (κ3) is 2.59. The predicted molar refractivity (Wildman–Crippen MR) is 75.8 cm³/mol. The highest BCUT2D eigenvalue weighted by atomic mass is 15.4. The summed E-state index contributed by atoms with van der Waals surface area (Å²) in [5.74, 6) is 0.946. The maximum absolute atomic E-state index is 3.90. The summed E-state index contributed by atoms with van der Waals surface area (Å²) in [7, 11) is 0. The standard InChI is InChI=1S/C15H29N3/c1-2-7-16-15(13-5-3-4-6-13)14-12-17-8-10-18(14)11-9-17/h13-16H,2-12H2,1H3. The number of hydrogen-bond acceptors (Lipinski definition) is 3. The second kappa shape index (κ2) is 5.89. The van der Waals surface area contributed by atoms with E-state index in [1.807, 2.05) is 0 Å². The lowest BCUT2D eigenvalue weighted by molar-refractivity contribution is -0.0127. The third-order valence-corrected chi connectivity index (χ3v) is 5.27. The van der Waals surface area contributed by atoms with Crippen molar-refractivity contribution in [3.63, 3.8) is 0 Å². The summed E-state index contributed by atoms with van der Waals surface area (Å²) in [4.78, 5) is 5.45. The van der Waals surface area contributed by atoms with Crippen molar-refractivity contribution in [1.29, 1.82) is 0 Å². The predicted octanol–water partition coefficient (Wildman–Crippen LogP) is 1.54. The van der Waals surface area contributed by atoms with Crippen LogP contribution < -0.4 is 5.32 Å². The molecule has 0 radical (unpaired) electrons. The van der Waals surface area contributed by atoms with Gasteiger partial charge < -0.3 is 5.32 Å². The van der Waals surface area contributed by atoms with Crippen LogP contribution in [0.15, 0.2) is 0 Å². The van der Waals surface area contributed by atoms with Gasteiger partial charge in [0.05, 0.1) is 0 Å². The zero-order valence-electron chi connectivity index (χ0n) is 11.9. The van der Waals surface area contributed by atoms with Crippen LogP contribution in [0.4, 0.5) is 0 Å². The largest absolute Gasteiger partial charge is 0.312 e. The molecule has 1 aliphatic carbocycles. The number of rotatable bonds is 5. The van der Waals surface area contributed by atoms with Crippen molar-refractivity contribution >= 4 is 0 Å².